The molecule has 0 aliphatic rings. The van der Waals surface area contributed by atoms with Crippen LogP contribution in [0.4, 0.5) is 15.6 Å². The number of nitrogens with zero attached hydrogens (tertiary/aromatic N) is 1. The number of anilines is 2. The zero-order valence-corrected chi connectivity index (χ0v) is 15.0. The molecule has 6 nitrogen and oxygen atoms in total. The van der Waals surface area contributed by atoms with Crippen LogP contribution in [0.3, 0.4) is 0 Å². The van der Waals surface area contributed by atoms with Crippen LogP contribution in [-0.2, 0) is 0 Å². The first-order valence-electron chi connectivity index (χ1n) is 7.51. The van der Waals surface area contributed by atoms with E-state index in [2.05, 4.69) is 34.8 Å². The molecule has 0 radical (unpaired) electrons. The van der Waals surface area contributed by atoms with Gasteiger partial charge in [-0.2, -0.15) is 0 Å². The van der Waals surface area contributed by atoms with Gasteiger partial charge in [-0.05, 0) is 36.6 Å². The predicted octanol–water partition coefficient (Wildman–Crippen LogP) is 4.22. The molecule has 0 aliphatic carbocycles. The largest absolute Gasteiger partial charge is 0.351 e. The average molecular weight is 367 g/mol. The summed E-state index contributed by atoms with van der Waals surface area (Å²) in [7, 11) is 0. The number of benzene rings is 1. The van der Waals surface area contributed by atoms with Gasteiger partial charge in [0.1, 0.15) is 5.69 Å². The van der Waals surface area contributed by atoms with E-state index < -0.39 is 6.03 Å². The van der Waals surface area contributed by atoms with Crippen LogP contribution in [0.2, 0.25) is 5.02 Å². The van der Waals surface area contributed by atoms with E-state index in [0.29, 0.717) is 34.0 Å². The first kappa shape index (κ1) is 18.2. The molecule has 0 bridgehead atoms. The molecule has 0 saturated carbocycles. The molecule has 24 heavy (non-hydrogen) atoms. The highest BCUT2D eigenvalue weighted by Gasteiger charge is 2.12. The van der Waals surface area contributed by atoms with Crippen molar-refractivity contribution in [3.8, 4) is 0 Å². The van der Waals surface area contributed by atoms with E-state index in [0.717, 1.165) is 6.42 Å². The van der Waals surface area contributed by atoms with Crippen LogP contribution in [0.5, 0.6) is 0 Å². The van der Waals surface area contributed by atoms with Crippen molar-refractivity contribution in [3.05, 3.63) is 40.4 Å². The first-order valence-corrected chi connectivity index (χ1v) is 8.77. The maximum absolute atomic E-state index is 11.9. The Hall–Kier alpha value is -2.12. The van der Waals surface area contributed by atoms with E-state index in [1.165, 1.54) is 11.3 Å². The lowest BCUT2D eigenvalue weighted by molar-refractivity contribution is 0.0947. The molecule has 8 heteroatoms. The van der Waals surface area contributed by atoms with E-state index in [1.807, 2.05) is 0 Å². The molecule has 0 saturated heterocycles. The van der Waals surface area contributed by atoms with Crippen LogP contribution >= 0.6 is 22.9 Å². The summed E-state index contributed by atoms with van der Waals surface area (Å²) in [4.78, 5) is 28.0. The Morgan fingerprint density at radius 1 is 1.21 bits per heavy atom. The average Bonchev–Trinajstić information content (AvgIpc) is 2.97. The Morgan fingerprint density at radius 2 is 1.92 bits per heavy atom. The summed E-state index contributed by atoms with van der Waals surface area (Å²) in [5.41, 5.74) is 0.908. The number of hydrogen-bond donors (Lipinski definition) is 3. The van der Waals surface area contributed by atoms with Gasteiger partial charge in [0, 0.05) is 22.6 Å². The molecule has 0 fully saturated rings. The second kappa shape index (κ2) is 8.65. The Labute approximate surface area is 149 Å². The van der Waals surface area contributed by atoms with E-state index in [4.69, 9.17) is 11.6 Å². The third-order valence-corrected chi connectivity index (χ3v) is 4.08. The summed E-state index contributed by atoms with van der Waals surface area (Å²) in [6.07, 6.45) is 0.907. The quantitative estimate of drug-likeness (QED) is 0.715. The van der Waals surface area contributed by atoms with E-state index in [1.54, 1.807) is 29.6 Å². The lowest BCUT2D eigenvalue weighted by Crippen LogP contribution is -2.25. The summed E-state index contributed by atoms with van der Waals surface area (Å²) >= 11 is 6.98. The third kappa shape index (κ3) is 5.82. The number of urea groups is 1. The number of nitrogens with one attached hydrogen (secondary N) is 3. The molecule has 2 aromatic rings. The number of carbonyl (C=O) groups is 2. The highest BCUT2D eigenvalue weighted by molar-refractivity contribution is 7.14. The van der Waals surface area contributed by atoms with Gasteiger partial charge in [0.05, 0.1) is 0 Å². The van der Waals surface area contributed by atoms with Crippen molar-refractivity contribution in [2.75, 3.05) is 17.2 Å². The minimum atomic E-state index is -0.432. The van der Waals surface area contributed by atoms with E-state index in [-0.39, 0.29) is 5.91 Å². The van der Waals surface area contributed by atoms with Crippen molar-refractivity contribution < 1.29 is 9.59 Å². The molecular formula is C16H19ClN4O2S. The molecule has 3 N–H and O–H groups in total. The SMILES string of the molecule is CC(C)CCNC(=O)c1csc(NC(=O)Nc2ccc(Cl)cc2)n1. The smallest absolute Gasteiger partial charge is 0.325 e. The predicted molar refractivity (Wildman–Crippen MR) is 98.0 cm³/mol. The topological polar surface area (TPSA) is 83.1 Å². The second-order valence-corrected chi connectivity index (χ2v) is 6.86. The molecule has 128 valence electrons. The molecule has 0 spiro atoms. The van der Waals surface area contributed by atoms with E-state index >= 15 is 0 Å². The fraction of sp³-hybridized carbons (Fsp3) is 0.312. The fourth-order valence-electron chi connectivity index (χ4n) is 1.79. The highest BCUT2D eigenvalue weighted by atomic mass is 35.5. The van der Waals surface area contributed by atoms with Gasteiger partial charge in [-0.15, -0.1) is 11.3 Å². The van der Waals surface area contributed by atoms with E-state index in [9.17, 15) is 9.59 Å². The molecule has 2 rings (SSSR count). The molecular weight excluding hydrogens is 348 g/mol. The standard InChI is InChI=1S/C16H19ClN4O2S/c1-10(2)7-8-18-14(22)13-9-24-16(20-13)21-15(23)19-12-5-3-11(17)4-6-12/h3-6,9-10H,7-8H2,1-2H3,(H,18,22)(H2,19,20,21,23). The number of aromatic nitrogens is 1. The van der Waals surface area contributed by atoms with Crippen molar-refractivity contribution in [3.63, 3.8) is 0 Å². The van der Waals surface area contributed by atoms with Crippen molar-refractivity contribution in [1.29, 1.82) is 0 Å². The number of hydrogen-bond acceptors (Lipinski definition) is 4. The molecule has 1 aromatic heterocycles. The Morgan fingerprint density at radius 3 is 2.58 bits per heavy atom. The van der Waals surface area contributed by atoms with Crippen molar-refractivity contribution in [1.82, 2.24) is 10.3 Å². The number of thiazole rings is 1. The normalized spacial score (nSPS) is 10.5. The minimum absolute atomic E-state index is 0.238. The first-order chi connectivity index (χ1) is 11.4. The van der Waals surface area contributed by atoms with Gasteiger partial charge >= 0.3 is 6.03 Å². The Bertz CT molecular complexity index is 700. The Balaban J connectivity index is 1.85. The second-order valence-electron chi connectivity index (χ2n) is 5.56. The molecule has 0 unspecified atom stereocenters. The minimum Gasteiger partial charge on any atom is -0.351 e. The summed E-state index contributed by atoms with van der Waals surface area (Å²) in [6, 6.07) is 6.31. The van der Waals surface area contributed by atoms with Crippen LogP contribution in [0.1, 0.15) is 30.8 Å². The lowest BCUT2D eigenvalue weighted by Gasteiger charge is -2.06. The zero-order chi connectivity index (χ0) is 17.5. The van der Waals surface area contributed by atoms with Gasteiger partial charge in [0.2, 0.25) is 0 Å². The molecule has 0 atom stereocenters. The maximum atomic E-state index is 11.9. The van der Waals surface area contributed by atoms with Gasteiger partial charge in [-0.1, -0.05) is 25.4 Å². The lowest BCUT2D eigenvalue weighted by atomic mass is 10.1. The molecule has 1 aromatic carbocycles. The number of rotatable bonds is 6. The third-order valence-electron chi connectivity index (χ3n) is 3.07. The summed E-state index contributed by atoms with van der Waals surface area (Å²) < 4.78 is 0. The maximum Gasteiger partial charge on any atom is 0.325 e. The van der Waals surface area contributed by atoms with Crippen LogP contribution < -0.4 is 16.0 Å². The van der Waals surface area contributed by atoms with Crippen LogP contribution in [0.15, 0.2) is 29.6 Å². The van der Waals surface area contributed by atoms with Crippen molar-refractivity contribution in [2.45, 2.75) is 20.3 Å². The van der Waals surface area contributed by atoms with Gasteiger partial charge < -0.3 is 10.6 Å². The van der Waals surface area contributed by atoms with Crippen LogP contribution in [-0.4, -0.2) is 23.5 Å². The number of amides is 3. The molecule has 3 amide bonds. The highest BCUT2D eigenvalue weighted by Crippen LogP contribution is 2.17. The number of carbonyl (C=O) groups excluding carboxylic acids is 2. The molecule has 0 aliphatic heterocycles. The zero-order valence-electron chi connectivity index (χ0n) is 13.4. The summed E-state index contributed by atoms with van der Waals surface area (Å²) in [5, 5.41) is 10.6. The fourth-order valence-corrected chi connectivity index (χ4v) is 2.60. The van der Waals surface area contributed by atoms with Gasteiger partial charge in [0.15, 0.2) is 5.13 Å². The summed E-state index contributed by atoms with van der Waals surface area (Å²) in [6.45, 7) is 4.79. The van der Waals surface area contributed by atoms with Crippen molar-refractivity contribution >= 4 is 45.7 Å². The summed E-state index contributed by atoms with van der Waals surface area (Å²) in [5.74, 6) is 0.285. The molecule has 1 heterocycles. The van der Waals surface area contributed by atoms with Gasteiger partial charge in [0.25, 0.3) is 5.91 Å². The van der Waals surface area contributed by atoms with Gasteiger partial charge in [-0.25, -0.2) is 9.78 Å². The van der Waals surface area contributed by atoms with Crippen LogP contribution in [0, 0.1) is 5.92 Å². The number of halogens is 1. The Kier molecular flexibility index (Phi) is 6.57. The van der Waals surface area contributed by atoms with Gasteiger partial charge in [-0.3, -0.25) is 10.1 Å². The van der Waals surface area contributed by atoms with Crippen molar-refractivity contribution in [2.24, 2.45) is 5.92 Å². The monoisotopic (exact) mass is 366 g/mol. The van der Waals surface area contributed by atoms with Crippen LogP contribution in [0.25, 0.3) is 0 Å².